The van der Waals surface area contributed by atoms with Crippen molar-refractivity contribution in [3.8, 4) is 11.1 Å². The van der Waals surface area contributed by atoms with Crippen molar-refractivity contribution in [2.75, 3.05) is 13.1 Å². The topological polar surface area (TPSA) is 106 Å². The summed E-state index contributed by atoms with van der Waals surface area (Å²) in [5, 5.41) is 1.28. The van der Waals surface area contributed by atoms with Crippen molar-refractivity contribution in [3.05, 3.63) is 94.2 Å². The fourth-order valence-electron chi connectivity index (χ4n) is 4.99. The second-order valence-corrected chi connectivity index (χ2v) is 9.88. The maximum absolute atomic E-state index is 15.6. The van der Waals surface area contributed by atoms with Gasteiger partial charge in [0.1, 0.15) is 11.7 Å². The molecule has 0 spiro atoms. The summed E-state index contributed by atoms with van der Waals surface area (Å²) in [5.41, 5.74) is 9.10. The van der Waals surface area contributed by atoms with Gasteiger partial charge in [0.25, 0.3) is 5.56 Å². The van der Waals surface area contributed by atoms with E-state index in [0.717, 1.165) is 23.8 Å². The van der Waals surface area contributed by atoms with Crippen LogP contribution in [0.4, 0.5) is 10.1 Å². The molecule has 2 N–H and O–H groups in total. The Labute approximate surface area is 231 Å². The Kier molecular flexibility index (Phi) is 7.82. The third-order valence-electron chi connectivity index (χ3n) is 6.87. The molecule has 0 atom stereocenters. The number of nitrogens with two attached hydrogens (primary N) is 1. The summed E-state index contributed by atoms with van der Waals surface area (Å²) in [7, 11) is 0. The lowest BCUT2D eigenvalue weighted by Gasteiger charge is -2.22. The standard InChI is InChI=1S/C31H31FN6O2/c1-3-10-37(11-4-2)30(39)23-14-26-27(32)15-22(16-28(26)36-29(33)17-23)20-5-6-25-21(13-20)7-12-38(31(25)40)19-24-18-34-8-9-35-24/h5-9,12-16,18H,3-4,10-11,17,19H2,1-2H3,(H2,33,36). The van der Waals surface area contributed by atoms with Gasteiger partial charge in [0.15, 0.2) is 0 Å². The average Bonchev–Trinajstić information content (AvgIpc) is 3.13. The molecule has 5 rings (SSSR count). The molecule has 1 amide bonds. The third-order valence-corrected chi connectivity index (χ3v) is 6.87. The first-order valence-electron chi connectivity index (χ1n) is 13.4. The van der Waals surface area contributed by atoms with Gasteiger partial charge in [0, 0.05) is 54.6 Å². The van der Waals surface area contributed by atoms with E-state index in [1.54, 1.807) is 58.5 Å². The number of pyridine rings is 1. The molecule has 0 unspecified atom stereocenters. The second-order valence-electron chi connectivity index (χ2n) is 9.88. The number of amides is 1. The summed E-state index contributed by atoms with van der Waals surface area (Å²) >= 11 is 0. The monoisotopic (exact) mass is 538 g/mol. The van der Waals surface area contributed by atoms with E-state index >= 15 is 4.39 Å². The van der Waals surface area contributed by atoms with E-state index in [1.165, 1.54) is 6.07 Å². The van der Waals surface area contributed by atoms with Crippen molar-refractivity contribution in [1.29, 1.82) is 0 Å². The number of aliphatic imine (C=N–C) groups is 1. The molecule has 8 nitrogen and oxygen atoms in total. The lowest BCUT2D eigenvalue weighted by atomic mass is 9.98. The first-order valence-corrected chi connectivity index (χ1v) is 13.4. The fraction of sp³-hybridized carbons (Fsp3) is 0.258. The van der Waals surface area contributed by atoms with Crippen LogP contribution in [0.5, 0.6) is 0 Å². The molecule has 2 aromatic heterocycles. The van der Waals surface area contributed by atoms with E-state index < -0.39 is 5.82 Å². The van der Waals surface area contributed by atoms with Gasteiger partial charge >= 0.3 is 0 Å². The fourth-order valence-corrected chi connectivity index (χ4v) is 4.99. The molecular formula is C31H31FN6O2. The number of nitrogens with zero attached hydrogens (tertiary/aromatic N) is 5. The number of rotatable bonds is 8. The van der Waals surface area contributed by atoms with Gasteiger partial charge < -0.3 is 15.2 Å². The SMILES string of the molecule is CCCN(CCC)C(=O)C1=Cc2c(F)cc(-c3ccc4c(=O)n(Cc5cnccn5)ccc4c3)cc2N=C(N)C1. The summed E-state index contributed by atoms with van der Waals surface area (Å²) in [6.07, 6.45) is 9.92. The maximum atomic E-state index is 15.6. The summed E-state index contributed by atoms with van der Waals surface area (Å²) in [6.45, 7) is 5.61. The van der Waals surface area contributed by atoms with Crippen LogP contribution in [0.3, 0.4) is 0 Å². The van der Waals surface area contributed by atoms with Crippen molar-refractivity contribution >= 4 is 34.3 Å². The molecule has 0 fully saturated rings. The molecule has 0 aliphatic carbocycles. The Bertz CT molecular complexity index is 1690. The lowest BCUT2D eigenvalue weighted by molar-refractivity contribution is -0.127. The van der Waals surface area contributed by atoms with Crippen LogP contribution in [0.1, 0.15) is 44.4 Å². The number of amidine groups is 1. The van der Waals surface area contributed by atoms with Crippen LogP contribution in [0.25, 0.3) is 28.0 Å². The van der Waals surface area contributed by atoms with E-state index in [1.807, 2.05) is 26.0 Å². The third kappa shape index (κ3) is 5.54. The van der Waals surface area contributed by atoms with Crippen molar-refractivity contribution in [3.63, 3.8) is 0 Å². The number of benzene rings is 2. The van der Waals surface area contributed by atoms with Crippen molar-refractivity contribution in [2.24, 2.45) is 10.7 Å². The minimum Gasteiger partial charge on any atom is -0.387 e. The zero-order valence-corrected chi connectivity index (χ0v) is 22.6. The predicted octanol–water partition coefficient (Wildman–Crippen LogP) is 5.07. The first kappa shape index (κ1) is 26.9. The Hall–Kier alpha value is -4.66. The molecule has 0 saturated carbocycles. The highest BCUT2D eigenvalue weighted by Gasteiger charge is 2.23. The molecule has 1 aliphatic rings. The van der Waals surface area contributed by atoms with Crippen molar-refractivity contribution < 1.29 is 9.18 Å². The zero-order chi connectivity index (χ0) is 28.2. The Morgan fingerprint density at radius 1 is 1.07 bits per heavy atom. The van der Waals surface area contributed by atoms with E-state index in [9.17, 15) is 9.59 Å². The molecule has 9 heteroatoms. The minimum absolute atomic E-state index is 0.141. The number of fused-ring (bicyclic) bond motifs is 2. The number of hydrogen-bond acceptors (Lipinski definition) is 6. The van der Waals surface area contributed by atoms with Crippen LogP contribution < -0.4 is 11.3 Å². The van der Waals surface area contributed by atoms with E-state index in [4.69, 9.17) is 5.73 Å². The molecule has 1 aliphatic heterocycles. The second kappa shape index (κ2) is 11.6. The lowest BCUT2D eigenvalue weighted by Crippen LogP contribution is -2.34. The quantitative estimate of drug-likeness (QED) is 0.337. The molecule has 0 radical (unpaired) electrons. The molecule has 4 aromatic rings. The van der Waals surface area contributed by atoms with Gasteiger partial charge in [-0.25, -0.2) is 9.38 Å². The number of carbonyl (C=O) groups is 1. The van der Waals surface area contributed by atoms with Gasteiger partial charge in [-0.15, -0.1) is 0 Å². The zero-order valence-electron chi connectivity index (χ0n) is 22.6. The number of halogens is 1. The van der Waals surface area contributed by atoms with Crippen LogP contribution >= 0.6 is 0 Å². The molecule has 0 bridgehead atoms. The summed E-state index contributed by atoms with van der Waals surface area (Å²) in [5.74, 6) is -0.379. The summed E-state index contributed by atoms with van der Waals surface area (Å²) in [4.78, 5) is 40.9. The normalized spacial score (nSPS) is 12.9. The molecule has 204 valence electrons. The summed E-state index contributed by atoms with van der Waals surface area (Å²) in [6, 6.07) is 10.4. The maximum Gasteiger partial charge on any atom is 0.258 e. The van der Waals surface area contributed by atoms with Crippen molar-refractivity contribution in [2.45, 2.75) is 39.7 Å². The Morgan fingerprint density at radius 2 is 1.88 bits per heavy atom. The molecule has 2 aromatic carbocycles. The van der Waals surface area contributed by atoms with Gasteiger partial charge in [-0.1, -0.05) is 19.9 Å². The Morgan fingerprint density at radius 3 is 2.60 bits per heavy atom. The van der Waals surface area contributed by atoms with Crippen LogP contribution in [0.15, 0.2) is 76.5 Å². The highest BCUT2D eigenvalue weighted by atomic mass is 19.1. The van der Waals surface area contributed by atoms with Crippen molar-refractivity contribution in [1.82, 2.24) is 19.4 Å². The molecule has 0 saturated heterocycles. The van der Waals surface area contributed by atoms with Crippen LogP contribution in [0, 0.1) is 5.82 Å². The minimum atomic E-state index is -0.492. The van der Waals surface area contributed by atoms with Gasteiger partial charge in [-0.3, -0.25) is 19.6 Å². The van der Waals surface area contributed by atoms with Gasteiger partial charge in [-0.05, 0) is 65.8 Å². The first-order chi connectivity index (χ1) is 19.4. The van der Waals surface area contributed by atoms with Crippen LogP contribution in [-0.4, -0.2) is 44.3 Å². The highest BCUT2D eigenvalue weighted by molar-refractivity contribution is 6.05. The smallest absolute Gasteiger partial charge is 0.258 e. The number of carbonyl (C=O) groups excluding carboxylic acids is 1. The van der Waals surface area contributed by atoms with E-state index in [0.29, 0.717) is 47.5 Å². The van der Waals surface area contributed by atoms with Gasteiger partial charge in [0.2, 0.25) is 5.91 Å². The molecule has 40 heavy (non-hydrogen) atoms. The van der Waals surface area contributed by atoms with E-state index in [-0.39, 0.29) is 29.3 Å². The van der Waals surface area contributed by atoms with Crippen LogP contribution in [-0.2, 0) is 11.3 Å². The van der Waals surface area contributed by atoms with E-state index in [2.05, 4.69) is 15.0 Å². The summed E-state index contributed by atoms with van der Waals surface area (Å²) < 4.78 is 17.1. The Balaban J connectivity index is 1.50. The van der Waals surface area contributed by atoms with Gasteiger partial charge in [0.05, 0.1) is 24.1 Å². The highest BCUT2D eigenvalue weighted by Crippen LogP contribution is 2.35. The van der Waals surface area contributed by atoms with Crippen LogP contribution in [0.2, 0.25) is 0 Å². The average molecular weight is 539 g/mol. The largest absolute Gasteiger partial charge is 0.387 e. The molecular weight excluding hydrogens is 507 g/mol. The van der Waals surface area contributed by atoms with Gasteiger partial charge in [-0.2, -0.15) is 0 Å². The molecule has 3 heterocycles. The number of aromatic nitrogens is 3. The predicted molar refractivity (Wildman–Crippen MR) is 156 cm³/mol. The number of hydrogen-bond donors (Lipinski definition) is 1.